The third-order valence-corrected chi connectivity index (χ3v) is 4.44. The zero-order valence-corrected chi connectivity index (χ0v) is 14.6. The zero-order valence-electron chi connectivity index (χ0n) is 14.6. The lowest BCUT2D eigenvalue weighted by molar-refractivity contribution is -0.436. The minimum Gasteiger partial charge on any atom is -0.469 e. The predicted octanol–water partition coefficient (Wildman–Crippen LogP) is 4.51. The summed E-state index contributed by atoms with van der Waals surface area (Å²) in [5.41, 5.74) is 0.410. The lowest BCUT2D eigenvalue weighted by Crippen LogP contribution is -2.53. The van der Waals surface area contributed by atoms with E-state index in [1.165, 1.54) is 31.4 Å². The van der Waals surface area contributed by atoms with Crippen molar-refractivity contribution in [3.05, 3.63) is 71.8 Å². The summed E-state index contributed by atoms with van der Waals surface area (Å²) in [5, 5.41) is 0. The molecule has 144 valence electrons. The van der Waals surface area contributed by atoms with Crippen LogP contribution in [0.15, 0.2) is 60.7 Å². The molecule has 0 aromatic heterocycles. The minimum atomic E-state index is -4.85. The number of ether oxygens (including phenoxy) is 3. The molecule has 0 radical (unpaired) electrons. The van der Waals surface area contributed by atoms with Gasteiger partial charge in [0.15, 0.2) is 0 Å². The van der Waals surface area contributed by atoms with E-state index in [2.05, 4.69) is 4.74 Å². The van der Waals surface area contributed by atoms with Crippen molar-refractivity contribution in [3.8, 4) is 0 Å². The molecule has 2 unspecified atom stereocenters. The second-order valence-corrected chi connectivity index (χ2v) is 6.25. The van der Waals surface area contributed by atoms with E-state index in [9.17, 15) is 18.0 Å². The number of esters is 1. The molecule has 0 bridgehead atoms. The fraction of sp³-hybridized carbons (Fsp3) is 0.350. The maximum atomic E-state index is 14.2. The number of benzene rings is 2. The van der Waals surface area contributed by atoms with Gasteiger partial charge in [-0.2, -0.15) is 13.2 Å². The topological polar surface area (TPSA) is 44.8 Å². The summed E-state index contributed by atoms with van der Waals surface area (Å²) < 4.78 is 58.2. The van der Waals surface area contributed by atoms with Crippen molar-refractivity contribution in [1.29, 1.82) is 0 Å². The summed E-state index contributed by atoms with van der Waals surface area (Å²) in [6, 6.07) is 15.8. The van der Waals surface area contributed by atoms with E-state index in [1.54, 1.807) is 36.4 Å². The van der Waals surface area contributed by atoms with Gasteiger partial charge in [0.25, 0.3) is 5.79 Å². The van der Waals surface area contributed by atoms with E-state index in [4.69, 9.17) is 9.47 Å². The fourth-order valence-electron chi connectivity index (χ4n) is 3.15. The van der Waals surface area contributed by atoms with Crippen LogP contribution in [0.4, 0.5) is 13.2 Å². The van der Waals surface area contributed by atoms with E-state index < -0.39 is 30.1 Å². The van der Waals surface area contributed by atoms with Crippen LogP contribution < -0.4 is 0 Å². The van der Waals surface area contributed by atoms with Crippen LogP contribution in [0.5, 0.6) is 0 Å². The van der Waals surface area contributed by atoms with Gasteiger partial charge in [0.2, 0.25) is 0 Å². The predicted molar refractivity (Wildman–Crippen MR) is 90.6 cm³/mol. The summed E-state index contributed by atoms with van der Waals surface area (Å²) in [7, 11) is 1.19. The molecule has 0 amide bonds. The third-order valence-electron chi connectivity index (χ3n) is 4.44. The Labute approximate surface area is 154 Å². The van der Waals surface area contributed by atoms with Crippen molar-refractivity contribution in [3.63, 3.8) is 0 Å². The second kappa shape index (κ2) is 7.70. The first-order valence-corrected chi connectivity index (χ1v) is 8.45. The molecule has 3 rings (SSSR count). The van der Waals surface area contributed by atoms with Crippen molar-refractivity contribution >= 4 is 5.97 Å². The molecule has 1 saturated heterocycles. The summed E-state index contributed by atoms with van der Waals surface area (Å²) in [6.45, 7) is 0. The molecular weight excluding hydrogens is 361 g/mol. The molecule has 1 heterocycles. The Hall–Kier alpha value is -2.38. The van der Waals surface area contributed by atoms with Crippen LogP contribution in [0.25, 0.3) is 0 Å². The third kappa shape index (κ3) is 3.99. The highest BCUT2D eigenvalue weighted by atomic mass is 19.4. The molecule has 1 aliphatic heterocycles. The minimum absolute atomic E-state index is 0.101. The van der Waals surface area contributed by atoms with Crippen molar-refractivity contribution in [2.75, 3.05) is 7.11 Å². The number of hydrogen-bond donors (Lipinski definition) is 0. The maximum Gasteiger partial charge on any atom is 0.448 e. The first kappa shape index (κ1) is 19.4. The van der Waals surface area contributed by atoms with Crippen molar-refractivity contribution in [1.82, 2.24) is 0 Å². The second-order valence-electron chi connectivity index (χ2n) is 6.25. The largest absolute Gasteiger partial charge is 0.469 e. The molecule has 0 N–H and O–H groups in total. The number of methoxy groups -OCH3 is 1. The number of hydrogen-bond acceptors (Lipinski definition) is 4. The van der Waals surface area contributed by atoms with E-state index in [0.29, 0.717) is 5.56 Å². The summed E-state index contributed by atoms with van der Waals surface area (Å²) >= 11 is 0. The Morgan fingerprint density at radius 1 is 1.07 bits per heavy atom. The number of halogens is 3. The van der Waals surface area contributed by atoms with Gasteiger partial charge in [-0.05, 0) is 5.56 Å². The van der Waals surface area contributed by atoms with Gasteiger partial charge in [0.1, 0.15) is 0 Å². The molecular formula is C20H19F3O4. The van der Waals surface area contributed by atoms with Crippen LogP contribution in [0.1, 0.15) is 30.1 Å². The van der Waals surface area contributed by atoms with Crippen LogP contribution in [-0.2, 0) is 24.8 Å². The van der Waals surface area contributed by atoms with E-state index in [-0.39, 0.29) is 18.4 Å². The van der Waals surface area contributed by atoms with Gasteiger partial charge in [-0.3, -0.25) is 4.79 Å². The van der Waals surface area contributed by atoms with Gasteiger partial charge < -0.3 is 14.2 Å². The summed E-state index contributed by atoms with van der Waals surface area (Å²) in [4.78, 5) is 11.7. The van der Waals surface area contributed by atoms with Crippen molar-refractivity contribution in [2.45, 2.75) is 37.0 Å². The van der Waals surface area contributed by atoms with E-state index in [0.717, 1.165) is 0 Å². The summed E-state index contributed by atoms with van der Waals surface area (Å²) in [6.07, 6.45) is -6.96. The highest BCUT2D eigenvalue weighted by Gasteiger charge is 2.63. The number of carbonyl (C=O) groups is 1. The van der Waals surface area contributed by atoms with Gasteiger partial charge in [-0.1, -0.05) is 60.7 Å². The first-order valence-electron chi connectivity index (χ1n) is 8.45. The van der Waals surface area contributed by atoms with Gasteiger partial charge in [-0.15, -0.1) is 0 Å². The Kier molecular flexibility index (Phi) is 5.53. The molecule has 7 heteroatoms. The number of alkyl halides is 3. The normalized spacial score (nSPS) is 25.8. The van der Waals surface area contributed by atoms with Crippen molar-refractivity contribution < 1.29 is 32.2 Å². The van der Waals surface area contributed by atoms with Crippen LogP contribution in [-0.4, -0.2) is 25.4 Å². The van der Waals surface area contributed by atoms with Crippen molar-refractivity contribution in [2.24, 2.45) is 0 Å². The van der Waals surface area contributed by atoms with Crippen LogP contribution >= 0.6 is 0 Å². The quantitative estimate of drug-likeness (QED) is 0.732. The summed E-state index contributed by atoms with van der Waals surface area (Å²) in [5.74, 6) is -3.61. The lowest BCUT2D eigenvalue weighted by Gasteiger charge is -2.45. The van der Waals surface area contributed by atoms with Gasteiger partial charge in [0.05, 0.1) is 25.7 Å². The Bertz CT molecular complexity index is 764. The first-order chi connectivity index (χ1) is 12.9. The Morgan fingerprint density at radius 3 is 2.22 bits per heavy atom. The average molecular weight is 380 g/mol. The number of carbonyl (C=O) groups excluding carboxylic acids is 1. The Morgan fingerprint density at radius 2 is 1.67 bits per heavy atom. The fourth-order valence-corrected chi connectivity index (χ4v) is 3.15. The maximum absolute atomic E-state index is 14.2. The monoisotopic (exact) mass is 380 g/mol. The number of rotatable bonds is 4. The highest BCUT2D eigenvalue weighted by Crippen LogP contribution is 2.51. The Balaban J connectivity index is 2.06. The van der Waals surface area contributed by atoms with Gasteiger partial charge >= 0.3 is 12.1 Å². The molecule has 1 fully saturated rings. The average Bonchev–Trinajstić information content (AvgIpc) is 2.68. The molecule has 0 spiro atoms. The molecule has 4 nitrogen and oxygen atoms in total. The molecule has 2 aromatic rings. The van der Waals surface area contributed by atoms with Crippen LogP contribution in [0, 0.1) is 0 Å². The molecule has 1 aliphatic rings. The lowest BCUT2D eigenvalue weighted by atomic mass is 9.96. The molecule has 2 aromatic carbocycles. The smallest absolute Gasteiger partial charge is 0.448 e. The van der Waals surface area contributed by atoms with Crippen LogP contribution in [0.2, 0.25) is 0 Å². The molecule has 0 saturated carbocycles. The van der Waals surface area contributed by atoms with Crippen LogP contribution in [0.3, 0.4) is 0 Å². The van der Waals surface area contributed by atoms with E-state index >= 15 is 0 Å². The zero-order chi connectivity index (χ0) is 19.5. The van der Waals surface area contributed by atoms with Gasteiger partial charge in [-0.25, -0.2) is 0 Å². The van der Waals surface area contributed by atoms with Gasteiger partial charge in [0, 0.05) is 12.0 Å². The molecule has 0 aliphatic carbocycles. The highest BCUT2D eigenvalue weighted by molar-refractivity contribution is 5.69. The molecule has 27 heavy (non-hydrogen) atoms. The van der Waals surface area contributed by atoms with E-state index in [1.807, 2.05) is 0 Å². The molecule has 3 atom stereocenters. The standard InChI is InChI=1S/C20H19F3O4/c1-25-18(24)13-16-12-17(14-8-4-2-5-9-14)27-19(26-16,20(21,22)23)15-10-6-3-7-11-15/h2-11,16-17H,12-13H2,1H3/t16?,17?,19-/m0/s1. The SMILES string of the molecule is COC(=O)CC1CC(c2ccccc2)O[C@@](c2ccccc2)(C(F)(F)F)O1.